The fraction of sp³-hybridized carbons (Fsp3) is 0.278. The number of likely N-dealkylation sites (N-methyl/N-ethyl adjacent to an activating group) is 1. The summed E-state index contributed by atoms with van der Waals surface area (Å²) in [7, 11) is -2.00. The summed E-state index contributed by atoms with van der Waals surface area (Å²) in [6, 6.07) is 24.3. The van der Waals surface area contributed by atoms with Crippen molar-refractivity contribution < 1.29 is 27.9 Å². The van der Waals surface area contributed by atoms with Crippen molar-refractivity contribution in [3.63, 3.8) is 0 Å². The third-order valence-electron chi connectivity index (χ3n) is 8.41. The van der Waals surface area contributed by atoms with Gasteiger partial charge in [-0.2, -0.15) is 0 Å². The van der Waals surface area contributed by atoms with Crippen LogP contribution in [0.15, 0.2) is 95.9 Å². The van der Waals surface area contributed by atoms with Gasteiger partial charge in [-0.05, 0) is 86.3 Å². The molecule has 0 bridgehead atoms. The number of hydrogen-bond acceptors (Lipinski definition) is 8. The number of aliphatic hydroxyl groups is 1. The van der Waals surface area contributed by atoms with Crippen LogP contribution in [0.5, 0.6) is 5.75 Å². The number of halogens is 1. The summed E-state index contributed by atoms with van der Waals surface area (Å²) in [6.07, 6.45) is -0.358. The second kappa shape index (κ2) is 15.3. The predicted molar refractivity (Wildman–Crippen MR) is 191 cm³/mol. The van der Waals surface area contributed by atoms with Gasteiger partial charge in [0.25, 0.3) is 21.8 Å². The molecule has 3 atom stereocenters. The van der Waals surface area contributed by atoms with Crippen LogP contribution in [0, 0.1) is 5.92 Å². The summed E-state index contributed by atoms with van der Waals surface area (Å²) >= 11 is 5.93. The molecule has 5 N–H and O–H groups in total. The molecule has 2 amide bonds. The van der Waals surface area contributed by atoms with Gasteiger partial charge in [0, 0.05) is 41.8 Å². The summed E-state index contributed by atoms with van der Waals surface area (Å²) in [5, 5.41) is 13.2. The number of carbonyl (C=O) groups excluding carboxylic acids is 2. The highest BCUT2D eigenvalue weighted by atomic mass is 35.5. The standard InChI is InChI=1S/C36H40ClN5O6S/c1-23-19-42(24(2)22-43)36(45)30-18-28(40-49(46,47)29-15-12-27(37)13-16-29)14-17-33(30)48-34(23)21-41(3)20-25-8-10-26(11-9-25)35(44)39-32-7-5-4-6-31(32)38/h4-18,23-24,34,40,43H,19-22,38H2,1-3H3,(H,39,44)/t23-,24+,34-/m0/s1. The molecular weight excluding hydrogens is 666 g/mol. The van der Waals surface area contributed by atoms with Crippen molar-refractivity contribution in [3.05, 3.63) is 113 Å². The fourth-order valence-corrected chi connectivity index (χ4v) is 6.76. The van der Waals surface area contributed by atoms with Gasteiger partial charge in [-0.3, -0.25) is 19.2 Å². The van der Waals surface area contributed by atoms with Crippen LogP contribution in [-0.2, 0) is 16.6 Å². The number of nitrogens with two attached hydrogens (primary N) is 1. The fourth-order valence-electron chi connectivity index (χ4n) is 5.58. The number of amides is 2. The normalized spacial score (nSPS) is 17.0. The highest BCUT2D eigenvalue weighted by molar-refractivity contribution is 7.92. The number of anilines is 3. The van der Waals surface area contributed by atoms with Crippen molar-refractivity contribution in [2.24, 2.45) is 5.92 Å². The molecule has 0 aromatic heterocycles. The number of sulfonamides is 1. The number of benzene rings is 4. The molecule has 0 fully saturated rings. The van der Waals surface area contributed by atoms with Gasteiger partial charge in [0.05, 0.1) is 34.5 Å². The first-order valence-electron chi connectivity index (χ1n) is 15.8. The third kappa shape index (κ3) is 8.70. The average Bonchev–Trinajstić information content (AvgIpc) is 3.07. The van der Waals surface area contributed by atoms with Crippen LogP contribution in [0.25, 0.3) is 0 Å². The summed E-state index contributed by atoms with van der Waals surface area (Å²) in [6.45, 7) is 4.89. The molecule has 1 heterocycles. The SMILES string of the molecule is C[C@H](CO)N1C[C@H](C)[C@H](CN(C)Cc2ccc(C(=O)Nc3ccccc3N)cc2)Oc2ccc(NS(=O)(=O)c3ccc(Cl)cc3)cc2C1=O. The molecule has 0 radical (unpaired) electrons. The molecule has 13 heteroatoms. The van der Waals surface area contributed by atoms with Gasteiger partial charge in [0.15, 0.2) is 0 Å². The molecule has 0 unspecified atom stereocenters. The van der Waals surface area contributed by atoms with Crippen molar-refractivity contribution in [1.29, 1.82) is 0 Å². The van der Waals surface area contributed by atoms with E-state index >= 15 is 0 Å². The molecular formula is C36H40ClN5O6S. The van der Waals surface area contributed by atoms with Gasteiger partial charge >= 0.3 is 0 Å². The van der Waals surface area contributed by atoms with Crippen LogP contribution in [-0.4, -0.2) is 74.0 Å². The first-order valence-corrected chi connectivity index (χ1v) is 17.6. The minimum Gasteiger partial charge on any atom is -0.488 e. The second-order valence-corrected chi connectivity index (χ2v) is 14.4. The minimum absolute atomic E-state index is 0.0222. The summed E-state index contributed by atoms with van der Waals surface area (Å²) in [5.74, 6) is -0.436. The van der Waals surface area contributed by atoms with E-state index in [1.54, 1.807) is 60.4 Å². The van der Waals surface area contributed by atoms with Gasteiger partial charge in [-0.1, -0.05) is 42.8 Å². The van der Waals surface area contributed by atoms with Crippen molar-refractivity contribution in [3.8, 4) is 5.75 Å². The number of aliphatic hydroxyl groups excluding tert-OH is 1. The average molecular weight is 706 g/mol. The topological polar surface area (TPSA) is 154 Å². The summed E-state index contributed by atoms with van der Waals surface area (Å²) < 4.78 is 35.2. The van der Waals surface area contributed by atoms with E-state index in [2.05, 4.69) is 14.9 Å². The molecule has 11 nitrogen and oxygen atoms in total. The molecule has 49 heavy (non-hydrogen) atoms. The number of nitrogens with zero attached hydrogens (tertiary/aromatic N) is 2. The number of rotatable bonds is 11. The Kier molecular flexibility index (Phi) is 11.1. The number of hydrogen-bond donors (Lipinski definition) is 4. The number of nitrogen functional groups attached to an aromatic ring is 1. The van der Waals surface area contributed by atoms with E-state index in [1.165, 1.54) is 30.3 Å². The maximum absolute atomic E-state index is 13.8. The van der Waals surface area contributed by atoms with Crippen LogP contribution in [0.2, 0.25) is 5.02 Å². The molecule has 1 aliphatic heterocycles. The number of para-hydroxylation sites is 2. The molecule has 5 rings (SSSR count). The Morgan fingerprint density at radius 1 is 1.08 bits per heavy atom. The third-order valence-corrected chi connectivity index (χ3v) is 10.1. The number of fused-ring (bicyclic) bond motifs is 1. The zero-order valence-electron chi connectivity index (χ0n) is 27.5. The van der Waals surface area contributed by atoms with Crippen molar-refractivity contribution in [2.45, 2.75) is 37.4 Å². The molecule has 4 aromatic rings. The molecule has 0 spiro atoms. The molecule has 1 aliphatic rings. The quantitative estimate of drug-likeness (QED) is 0.153. The van der Waals surface area contributed by atoms with Crippen molar-refractivity contribution in [1.82, 2.24) is 9.80 Å². The first kappa shape index (κ1) is 35.7. The summed E-state index contributed by atoms with van der Waals surface area (Å²) in [5.41, 5.74) is 8.85. The van der Waals surface area contributed by atoms with Crippen LogP contribution < -0.4 is 20.5 Å². The zero-order valence-corrected chi connectivity index (χ0v) is 29.0. The molecule has 0 saturated heterocycles. The first-order chi connectivity index (χ1) is 23.3. The van der Waals surface area contributed by atoms with Crippen molar-refractivity contribution >= 4 is 50.5 Å². The maximum atomic E-state index is 13.8. The van der Waals surface area contributed by atoms with Crippen LogP contribution in [0.1, 0.15) is 40.1 Å². The predicted octanol–water partition coefficient (Wildman–Crippen LogP) is 5.33. The van der Waals surface area contributed by atoms with Crippen LogP contribution >= 0.6 is 11.6 Å². The van der Waals surface area contributed by atoms with E-state index in [9.17, 15) is 23.1 Å². The molecule has 4 aromatic carbocycles. The smallest absolute Gasteiger partial charge is 0.261 e. The Bertz CT molecular complexity index is 1910. The lowest BCUT2D eigenvalue weighted by Crippen LogP contribution is -2.49. The highest BCUT2D eigenvalue weighted by Gasteiger charge is 2.34. The monoisotopic (exact) mass is 705 g/mol. The number of ether oxygens (including phenoxy) is 1. The van der Waals surface area contributed by atoms with Gasteiger partial charge in [-0.25, -0.2) is 8.42 Å². The zero-order chi connectivity index (χ0) is 35.3. The van der Waals surface area contributed by atoms with Crippen LogP contribution in [0.4, 0.5) is 17.1 Å². The van der Waals surface area contributed by atoms with Gasteiger partial charge in [0.1, 0.15) is 11.9 Å². The van der Waals surface area contributed by atoms with E-state index in [0.717, 1.165) is 5.56 Å². The molecule has 0 aliphatic carbocycles. The highest BCUT2D eigenvalue weighted by Crippen LogP contribution is 2.32. The minimum atomic E-state index is -3.96. The van der Waals surface area contributed by atoms with E-state index < -0.39 is 16.1 Å². The van der Waals surface area contributed by atoms with Gasteiger partial charge in [0.2, 0.25) is 0 Å². The van der Waals surface area contributed by atoms with Gasteiger partial charge in [-0.15, -0.1) is 0 Å². The van der Waals surface area contributed by atoms with Crippen molar-refractivity contribution in [2.75, 3.05) is 42.5 Å². The summed E-state index contributed by atoms with van der Waals surface area (Å²) in [4.78, 5) is 30.3. The van der Waals surface area contributed by atoms with E-state index in [0.29, 0.717) is 47.3 Å². The Balaban J connectivity index is 1.32. The van der Waals surface area contributed by atoms with E-state index in [4.69, 9.17) is 22.1 Å². The lowest BCUT2D eigenvalue weighted by atomic mass is 9.99. The maximum Gasteiger partial charge on any atom is 0.261 e. The molecule has 258 valence electrons. The lowest BCUT2D eigenvalue weighted by molar-refractivity contribution is 0.0341. The number of nitrogens with one attached hydrogen (secondary N) is 2. The molecule has 0 saturated carbocycles. The van der Waals surface area contributed by atoms with Gasteiger partial charge < -0.3 is 25.8 Å². The second-order valence-electron chi connectivity index (χ2n) is 12.3. The number of carbonyl (C=O) groups is 2. The largest absolute Gasteiger partial charge is 0.488 e. The Morgan fingerprint density at radius 3 is 2.45 bits per heavy atom. The Morgan fingerprint density at radius 2 is 1.78 bits per heavy atom. The van der Waals surface area contributed by atoms with E-state index in [-0.39, 0.29) is 46.6 Å². The van der Waals surface area contributed by atoms with E-state index in [1.807, 2.05) is 26.1 Å². The Hall–Kier alpha value is -4.62. The lowest BCUT2D eigenvalue weighted by Gasteiger charge is -2.38. The van der Waals surface area contributed by atoms with Crippen LogP contribution in [0.3, 0.4) is 0 Å². The Labute approximate surface area is 291 Å².